The number of ether oxygens (including phenoxy) is 1. The zero-order valence-electron chi connectivity index (χ0n) is 12.0. The summed E-state index contributed by atoms with van der Waals surface area (Å²) in [5.41, 5.74) is 8.08. The lowest BCUT2D eigenvalue weighted by Crippen LogP contribution is -2.42. The lowest BCUT2D eigenvalue weighted by Gasteiger charge is -2.11. The van der Waals surface area contributed by atoms with E-state index in [4.69, 9.17) is 10.5 Å². The molecule has 2 rings (SSSR count). The van der Waals surface area contributed by atoms with Crippen molar-refractivity contribution in [1.29, 1.82) is 0 Å². The lowest BCUT2D eigenvalue weighted by molar-refractivity contribution is -0.122. The first-order valence-electron chi connectivity index (χ1n) is 7.03. The summed E-state index contributed by atoms with van der Waals surface area (Å²) < 4.78 is 4.99. The maximum absolute atomic E-state index is 11.9. The first-order valence-corrected chi connectivity index (χ1v) is 7.03. The molecule has 0 fully saturated rings. The molecule has 0 saturated carbocycles. The summed E-state index contributed by atoms with van der Waals surface area (Å²) in [6, 6.07) is 7.43. The van der Waals surface area contributed by atoms with Gasteiger partial charge in [-0.1, -0.05) is 24.8 Å². The van der Waals surface area contributed by atoms with Gasteiger partial charge in [0.2, 0.25) is 5.91 Å². The first-order chi connectivity index (χ1) is 10.2. The summed E-state index contributed by atoms with van der Waals surface area (Å²) >= 11 is 0. The van der Waals surface area contributed by atoms with E-state index >= 15 is 0 Å². The summed E-state index contributed by atoms with van der Waals surface area (Å²) in [5, 5.41) is 3.92. The average molecular weight is 287 g/mol. The van der Waals surface area contributed by atoms with Crippen LogP contribution in [0.25, 0.3) is 10.9 Å². The fourth-order valence-corrected chi connectivity index (χ4v) is 2.21. The highest BCUT2D eigenvalue weighted by Gasteiger charge is 2.15. The van der Waals surface area contributed by atoms with Gasteiger partial charge in [-0.25, -0.2) is 0 Å². The van der Waals surface area contributed by atoms with Crippen LogP contribution in [0.15, 0.2) is 43.3 Å². The third-order valence-corrected chi connectivity index (χ3v) is 3.31. The number of hydrogen-bond donors (Lipinski definition) is 3. The van der Waals surface area contributed by atoms with Crippen LogP contribution in [0.3, 0.4) is 0 Å². The Bertz CT molecular complexity index is 606. The van der Waals surface area contributed by atoms with Crippen LogP contribution in [0, 0.1) is 0 Å². The molecule has 4 N–H and O–H groups in total. The standard InChI is InChI=1S/C16H21N3O2/c1-2-21-9-5-8-18-16(20)14(17)10-12-11-19-15-7-4-3-6-13(12)15/h2-4,6-7,11,14,19H,1,5,8-10,17H2,(H,18,20)/t14-/m0/s1. The van der Waals surface area contributed by atoms with Crippen LogP contribution in [0.4, 0.5) is 0 Å². The Hall–Kier alpha value is -2.27. The van der Waals surface area contributed by atoms with E-state index in [9.17, 15) is 4.79 Å². The number of para-hydroxylation sites is 1. The van der Waals surface area contributed by atoms with Crippen LogP contribution >= 0.6 is 0 Å². The summed E-state index contributed by atoms with van der Waals surface area (Å²) in [6.07, 6.45) is 4.55. The number of H-pyrrole nitrogens is 1. The van der Waals surface area contributed by atoms with E-state index in [1.807, 2.05) is 30.5 Å². The Morgan fingerprint density at radius 1 is 1.48 bits per heavy atom. The Morgan fingerprint density at radius 3 is 3.10 bits per heavy atom. The minimum Gasteiger partial charge on any atom is -0.502 e. The van der Waals surface area contributed by atoms with Gasteiger partial charge in [-0.15, -0.1) is 0 Å². The predicted octanol–water partition coefficient (Wildman–Crippen LogP) is 1.70. The quantitative estimate of drug-likeness (QED) is 0.510. The van der Waals surface area contributed by atoms with Crippen LogP contribution in [0.5, 0.6) is 0 Å². The Labute approximate surface area is 124 Å². The fraction of sp³-hybridized carbons (Fsp3) is 0.312. The van der Waals surface area contributed by atoms with Gasteiger partial charge in [-0.05, 0) is 24.5 Å². The van der Waals surface area contributed by atoms with Crippen molar-refractivity contribution in [3.63, 3.8) is 0 Å². The second kappa shape index (κ2) is 7.50. The first kappa shape index (κ1) is 15.1. The van der Waals surface area contributed by atoms with E-state index in [1.165, 1.54) is 6.26 Å². The van der Waals surface area contributed by atoms with Crippen molar-refractivity contribution in [2.45, 2.75) is 18.9 Å². The van der Waals surface area contributed by atoms with E-state index in [2.05, 4.69) is 16.9 Å². The van der Waals surface area contributed by atoms with E-state index < -0.39 is 6.04 Å². The van der Waals surface area contributed by atoms with Gasteiger partial charge < -0.3 is 20.8 Å². The molecule has 2 aromatic rings. The molecule has 0 aliphatic carbocycles. The number of fused-ring (bicyclic) bond motifs is 1. The number of nitrogens with two attached hydrogens (primary N) is 1. The third kappa shape index (κ3) is 4.10. The van der Waals surface area contributed by atoms with E-state index in [1.54, 1.807) is 0 Å². The van der Waals surface area contributed by atoms with Gasteiger partial charge in [-0.3, -0.25) is 4.79 Å². The third-order valence-electron chi connectivity index (χ3n) is 3.31. The molecule has 0 saturated heterocycles. The number of rotatable bonds is 8. The molecule has 1 aromatic heterocycles. The number of hydrogen-bond acceptors (Lipinski definition) is 3. The zero-order chi connectivity index (χ0) is 15.1. The van der Waals surface area contributed by atoms with Crippen LogP contribution < -0.4 is 11.1 Å². The molecule has 1 amide bonds. The second-order valence-electron chi connectivity index (χ2n) is 4.85. The molecule has 21 heavy (non-hydrogen) atoms. The number of amides is 1. The van der Waals surface area contributed by atoms with Crippen LogP contribution in [-0.2, 0) is 16.0 Å². The Balaban J connectivity index is 1.84. The summed E-state index contributed by atoms with van der Waals surface area (Å²) in [6.45, 7) is 4.55. The van der Waals surface area contributed by atoms with Crippen molar-refractivity contribution in [3.8, 4) is 0 Å². The maximum atomic E-state index is 11.9. The van der Waals surface area contributed by atoms with Gasteiger partial charge in [0.1, 0.15) is 0 Å². The summed E-state index contributed by atoms with van der Waals surface area (Å²) in [5.74, 6) is -0.140. The fourth-order valence-electron chi connectivity index (χ4n) is 2.21. The summed E-state index contributed by atoms with van der Waals surface area (Å²) in [7, 11) is 0. The molecule has 0 radical (unpaired) electrons. The van der Waals surface area contributed by atoms with Gasteiger partial charge in [0.05, 0.1) is 18.9 Å². The molecule has 0 unspecified atom stereocenters. The zero-order valence-corrected chi connectivity index (χ0v) is 12.0. The normalized spacial score (nSPS) is 12.0. The second-order valence-corrected chi connectivity index (χ2v) is 4.85. The Morgan fingerprint density at radius 2 is 2.29 bits per heavy atom. The molecule has 1 aromatic carbocycles. The number of aromatic amines is 1. The van der Waals surface area contributed by atoms with E-state index in [0.29, 0.717) is 19.6 Å². The average Bonchev–Trinajstić information content (AvgIpc) is 2.90. The smallest absolute Gasteiger partial charge is 0.237 e. The summed E-state index contributed by atoms with van der Waals surface area (Å²) in [4.78, 5) is 15.1. The maximum Gasteiger partial charge on any atom is 0.237 e. The minimum absolute atomic E-state index is 0.140. The number of carbonyl (C=O) groups is 1. The molecular formula is C16H21N3O2. The molecule has 5 nitrogen and oxygen atoms in total. The van der Waals surface area contributed by atoms with Gasteiger partial charge in [0.15, 0.2) is 0 Å². The molecule has 0 bridgehead atoms. The van der Waals surface area contributed by atoms with Crippen LogP contribution in [-0.4, -0.2) is 30.1 Å². The lowest BCUT2D eigenvalue weighted by atomic mass is 10.1. The van der Waals surface area contributed by atoms with Crippen molar-refractivity contribution in [3.05, 3.63) is 48.9 Å². The molecule has 1 atom stereocenters. The highest BCUT2D eigenvalue weighted by molar-refractivity contribution is 5.86. The molecule has 5 heteroatoms. The van der Waals surface area contributed by atoms with Gasteiger partial charge in [-0.2, -0.15) is 0 Å². The predicted molar refractivity (Wildman–Crippen MR) is 83.8 cm³/mol. The number of nitrogens with one attached hydrogen (secondary N) is 2. The van der Waals surface area contributed by atoms with Crippen molar-refractivity contribution in [2.75, 3.05) is 13.2 Å². The molecule has 0 aliphatic rings. The molecule has 112 valence electrons. The van der Waals surface area contributed by atoms with Gasteiger partial charge in [0, 0.05) is 23.6 Å². The molecular weight excluding hydrogens is 266 g/mol. The Kier molecular flexibility index (Phi) is 5.40. The highest BCUT2D eigenvalue weighted by Crippen LogP contribution is 2.18. The largest absolute Gasteiger partial charge is 0.502 e. The SMILES string of the molecule is C=COCCCNC(=O)[C@@H](N)Cc1c[nH]c2ccccc12. The van der Waals surface area contributed by atoms with Crippen LogP contribution in [0.2, 0.25) is 0 Å². The minimum atomic E-state index is -0.551. The van der Waals surface area contributed by atoms with Crippen LogP contribution in [0.1, 0.15) is 12.0 Å². The monoisotopic (exact) mass is 287 g/mol. The van der Waals surface area contributed by atoms with Crippen molar-refractivity contribution in [1.82, 2.24) is 10.3 Å². The molecule has 0 spiro atoms. The highest BCUT2D eigenvalue weighted by atomic mass is 16.5. The number of aromatic nitrogens is 1. The van der Waals surface area contributed by atoms with Crippen molar-refractivity contribution >= 4 is 16.8 Å². The van der Waals surface area contributed by atoms with E-state index in [-0.39, 0.29) is 5.91 Å². The van der Waals surface area contributed by atoms with Gasteiger partial charge >= 0.3 is 0 Å². The van der Waals surface area contributed by atoms with E-state index in [0.717, 1.165) is 22.9 Å². The van der Waals surface area contributed by atoms with Gasteiger partial charge in [0.25, 0.3) is 0 Å². The topological polar surface area (TPSA) is 80.1 Å². The molecule has 1 heterocycles. The molecule has 0 aliphatic heterocycles. The number of benzene rings is 1. The number of carbonyl (C=O) groups excluding carboxylic acids is 1. The van der Waals surface area contributed by atoms with Crippen molar-refractivity contribution < 1.29 is 9.53 Å². The van der Waals surface area contributed by atoms with Crippen molar-refractivity contribution in [2.24, 2.45) is 5.73 Å².